The lowest BCUT2D eigenvalue weighted by atomic mass is 10.2. The summed E-state index contributed by atoms with van der Waals surface area (Å²) in [4.78, 5) is 26.7. The summed E-state index contributed by atoms with van der Waals surface area (Å²) in [6.07, 6.45) is 0.774. The molecule has 0 aliphatic carbocycles. The smallest absolute Gasteiger partial charge is 0.286 e. The third-order valence-corrected chi connectivity index (χ3v) is 4.31. The number of anilines is 2. The molecule has 8 nitrogen and oxygen atoms in total. The maximum absolute atomic E-state index is 12.6. The molecule has 0 fully saturated rings. The molecular weight excluding hydrogens is 322 g/mol. The molecule has 0 saturated heterocycles. The second kappa shape index (κ2) is 6.92. The number of rotatable bonds is 5. The van der Waals surface area contributed by atoms with E-state index < -0.39 is 11.5 Å². The molecule has 1 atom stereocenters. The van der Waals surface area contributed by atoms with E-state index in [4.69, 9.17) is 4.74 Å². The van der Waals surface area contributed by atoms with E-state index >= 15 is 0 Å². The zero-order valence-electron chi connectivity index (χ0n) is 14.5. The van der Waals surface area contributed by atoms with Crippen molar-refractivity contribution in [2.75, 3.05) is 18.6 Å². The summed E-state index contributed by atoms with van der Waals surface area (Å²) in [5, 5.41) is 10.8. The summed E-state index contributed by atoms with van der Waals surface area (Å²) in [6, 6.07) is 7.45. The van der Waals surface area contributed by atoms with Gasteiger partial charge in [-0.1, -0.05) is 6.92 Å². The first-order chi connectivity index (χ1) is 12.0. The molecule has 0 radical (unpaired) electrons. The summed E-state index contributed by atoms with van der Waals surface area (Å²) in [5.74, 6) is 0.712. The molecule has 2 aromatic rings. The Kier molecular flexibility index (Phi) is 4.69. The van der Waals surface area contributed by atoms with Gasteiger partial charge in [0.2, 0.25) is 11.6 Å². The maximum Gasteiger partial charge on any atom is 0.286 e. The van der Waals surface area contributed by atoms with Gasteiger partial charge in [0.1, 0.15) is 5.75 Å². The van der Waals surface area contributed by atoms with Crippen LogP contribution in [-0.4, -0.2) is 40.4 Å². The van der Waals surface area contributed by atoms with Gasteiger partial charge in [0.15, 0.2) is 0 Å². The quantitative estimate of drug-likeness (QED) is 0.881. The summed E-state index contributed by atoms with van der Waals surface area (Å²) < 4.78 is 6.65. The van der Waals surface area contributed by atoms with Crippen LogP contribution in [0.1, 0.15) is 30.8 Å². The Morgan fingerprint density at radius 2 is 2.00 bits per heavy atom. The summed E-state index contributed by atoms with van der Waals surface area (Å²) >= 11 is 0. The molecule has 1 aliphatic heterocycles. The van der Waals surface area contributed by atoms with Gasteiger partial charge in [0.05, 0.1) is 7.11 Å². The van der Waals surface area contributed by atoms with Crippen molar-refractivity contribution in [2.24, 2.45) is 0 Å². The van der Waals surface area contributed by atoms with Crippen molar-refractivity contribution in [2.45, 2.75) is 32.9 Å². The van der Waals surface area contributed by atoms with Crippen molar-refractivity contribution in [3.8, 4) is 5.75 Å². The number of hydrogen-bond donors (Lipinski definition) is 1. The number of carbonyl (C=O) groups excluding carboxylic acids is 1. The number of carbonyl (C=O) groups is 1. The lowest BCUT2D eigenvalue weighted by Crippen LogP contribution is -2.38. The number of amides is 1. The Balaban J connectivity index is 1.90. The van der Waals surface area contributed by atoms with E-state index in [1.165, 1.54) is 4.57 Å². The van der Waals surface area contributed by atoms with E-state index in [2.05, 4.69) is 15.5 Å². The fraction of sp³-hybridized carbons (Fsp3) is 0.412. The number of nitrogens with zero attached hydrogens (tertiary/aromatic N) is 4. The Bertz CT molecular complexity index is 831. The normalized spacial score (nSPS) is 14.1. The van der Waals surface area contributed by atoms with Crippen LogP contribution in [-0.2, 0) is 6.54 Å². The molecule has 0 spiro atoms. The van der Waals surface area contributed by atoms with E-state index in [1.54, 1.807) is 7.11 Å². The van der Waals surface area contributed by atoms with Gasteiger partial charge in [0.25, 0.3) is 11.5 Å². The van der Waals surface area contributed by atoms with Gasteiger partial charge in [-0.05, 0) is 37.6 Å². The molecular formula is C17H21N5O3. The lowest BCUT2D eigenvalue weighted by Gasteiger charge is -2.17. The van der Waals surface area contributed by atoms with Crippen LogP contribution in [0.25, 0.3) is 0 Å². The predicted molar refractivity (Wildman–Crippen MR) is 93.5 cm³/mol. The summed E-state index contributed by atoms with van der Waals surface area (Å²) in [7, 11) is 1.61. The van der Waals surface area contributed by atoms with Crippen LogP contribution in [0.5, 0.6) is 5.75 Å². The molecule has 0 bridgehead atoms. The number of benzene rings is 1. The SMILES string of the molecule is CCC(C)NC(=O)c1nnc2n(c1=O)CCN2c1ccc(OC)cc1. The second-order valence-corrected chi connectivity index (χ2v) is 5.94. The van der Waals surface area contributed by atoms with Crippen LogP contribution in [0.4, 0.5) is 11.6 Å². The molecule has 1 unspecified atom stereocenters. The minimum absolute atomic E-state index is 0.0252. The Morgan fingerprint density at radius 1 is 1.28 bits per heavy atom. The molecule has 1 aromatic heterocycles. The maximum atomic E-state index is 12.6. The van der Waals surface area contributed by atoms with Crippen LogP contribution < -0.4 is 20.5 Å². The Morgan fingerprint density at radius 3 is 2.64 bits per heavy atom. The predicted octanol–water partition coefficient (Wildman–Crippen LogP) is 1.33. The zero-order valence-corrected chi connectivity index (χ0v) is 14.5. The highest BCUT2D eigenvalue weighted by Gasteiger charge is 2.27. The van der Waals surface area contributed by atoms with Crippen LogP contribution in [0.3, 0.4) is 0 Å². The first kappa shape index (κ1) is 16.9. The van der Waals surface area contributed by atoms with Gasteiger partial charge in [-0.2, -0.15) is 0 Å². The van der Waals surface area contributed by atoms with Gasteiger partial charge in [-0.15, -0.1) is 10.2 Å². The minimum Gasteiger partial charge on any atom is -0.497 e. The topological polar surface area (TPSA) is 89.3 Å². The summed E-state index contributed by atoms with van der Waals surface area (Å²) in [5.41, 5.74) is 0.306. The molecule has 3 rings (SSSR count). The number of hydrogen-bond acceptors (Lipinski definition) is 6. The average Bonchev–Trinajstić information content (AvgIpc) is 3.06. The van der Waals surface area contributed by atoms with E-state index in [9.17, 15) is 9.59 Å². The van der Waals surface area contributed by atoms with Crippen LogP contribution >= 0.6 is 0 Å². The summed E-state index contributed by atoms with van der Waals surface area (Å²) in [6.45, 7) is 4.88. The van der Waals surface area contributed by atoms with Crippen molar-refractivity contribution in [1.29, 1.82) is 0 Å². The van der Waals surface area contributed by atoms with Crippen molar-refractivity contribution < 1.29 is 9.53 Å². The third kappa shape index (κ3) is 3.19. The first-order valence-electron chi connectivity index (χ1n) is 8.25. The highest BCUT2D eigenvalue weighted by atomic mass is 16.5. The molecule has 1 aromatic carbocycles. The highest BCUT2D eigenvalue weighted by molar-refractivity contribution is 5.92. The number of aromatic nitrogens is 3. The number of nitrogens with one attached hydrogen (secondary N) is 1. The molecule has 1 amide bonds. The number of fused-ring (bicyclic) bond motifs is 1. The van der Waals surface area contributed by atoms with Crippen molar-refractivity contribution in [3.05, 3.63) is 40.3 Å². The zero-order chi connectivity index (χ0) is 18.0. The fourth-order valence-corrected chi connectivity index (χ4v) is 2.65. The molecule has 132 valence electrons. The number of ether oxygens (including phenoxy) is 1. The first-order valence-corrected chi connectivity index (χ1v) is 8.25. The molecule has 8 heteroatoms. The van der Waals surface area contributed by atoms with Crippen LogP contribution in [0, 0.1) is 0 Å². The fourth-order valence-electron chi connectivity index (χ4n) is 2.65. The molecule has 2 heterocycles. The minimum atomic E-state index is -0.481. The lowest BCUT2D eigenvalue weighted by molar-refractivity contribution is 0.0930. The number of methoxy groups -OCH3 is 1. The van der Waals surface area contributed by atoms with Crippen molar-refractivity contribution >= 4 is 17.5 Å². The van der Waals surface area contributed by atoms with E-state index in [0.717, 1.165) is 17.9 Å². The van der Waals surface area contributed by atoms with Gasteiger partial charge >= 0.3 is 0 Å². The van der Waals surface area contributed by atoms with Gasteiger partial charge in [0, 0.05) is 24.8 Å². The second-order valence-electron chi connectivity index (χ2n) is 5.94. The van der Waals surface area contributed by atoms with Gasteiger partial charge in [-0.25, -0.2) is 0 Å². The van der Waals surface area contributed by atoms with Gasteiger partial charge in [-0.3, -0.25) is 14.2 Å². The Labute approximate surface area is 145 Å². The molecule has 1 N–H and O–H groups in total. The molecule has 0 saturated carbocycles. The van der Waals surface area contributed by atoms with Crippen LogP contribution in [0.2, 0.25) is 0 Å². The third-order valence-electron chi connectivity index (χ3n) is 4.31. The average molecular weight is 343 g/mol. The molecule has 1 aliphatic rings. The monoisotopic (exact) mass is 343 g/mol. The van der Waals surface area contributed by atoms with E-state index in [-0.39, 0.29) is 11.7 Å². The van der Waals surface area contributed by atoms with Gasteiger partial charge < -0.3 is 15.0 Å². The largest absolute Gasteiger partial charge is 0.497 e. The van der Waals surface area contributed by atoms with Crippen molar-refractivity contribution in [1.82, 2.24) is 20.1 Å². The Hall–Kier alpha value is -2.90. The van der Waals surface area contributed by atoms with E-state index in [0.29, 0.717) is 19.0 Å². The van der Waals surface area contributed by atoms with Crippen molar-refractivity contribution in [3.63, 3.8) is 0 Å². The van der Waals surface area contributed by atoms with Crippen LogP contribution in [0.15, 0.2) is 29.1 Å². The van der Waals surface area contributed by atoms with E-state index in [1.807, 2.05) is 43.0 Å². The standard InChI is InChI=1S/C17H21N5O3/c1-4-11(2)18-15(23)14-16(24)22-10-9-21(17(22)20-19-14)12-5-7-13(25-3)8-6-12/h5-8,11H,4,9-10H2,1-3H3,(H,18,23). The highest BCUT2D eigenvalue weighted by Crippen LogP contribution is 2.28. The molecule has 25 heavy (non-hydrogen) atoms.